The molecular formula is C14H25N5O. The fraction of sp³-hybridized carbons (Fsp3) is 0.643. The molecule has 6 heteroatoms. The van der Waals surface area contributed by atoms with Crippen molar-refractivity contribution in [3.8, 4) is 0 Å². The van der Waals surface area contributed by atoms with Crippen molar-refractivity contribution in [3.63, 3.8) is 0 Å². The molecule has 20 heavy (non-hydrogen) atoms. The molecule has 1 amide bonds. The van der Waals surface area contributed by atoms with Crippen LogP contribution in [-0.4, -0.2) is 28.5 Å². The Kier molecular flexibility index (Phi) is 6.21. The third-order valence-corrected chi connectivity index (χ3v) is 3.21. The number of hydrogen-bond acceptors (Lipinski definition) is 5. The van der Waals surface area contributed by atoms with Crippen LogP contribution in [0.1, 0.15) is 45.0 Å². The molecule has 0 aliphatic carbocycles. The van der Waals surface area contributed by atoms with Crippen LogP contribution in [0.5, 0.6) is 0 Å². The van der Waals surface area contributed by atoms with Crippen LogP contribution in [0.2, 0.25) is 0 Å². The van der Waals surface area contributed by atoms with Crippen LogP contribution < -0.4 is 16.4 Å². The zero-order valence-electron chi connectivity index (χ0n) is 12.8. The molecule has 6 nitrogen and oxygen atoms in total. The molecule has 0 bridgehead atoms. The lowest BCUT2D eigenvalue weighted by Crippen LogP contribution is -2.33. The first kappa shape index (κ1) is 16.2. The third kappa shape index (κ3) is 4.68. The second-order valence-electron chi connectivity index (χ2n) is 4.91. The first-order valence-corrected chi connectivity index (χ1v) is 7.14. The Labute approximate surface area is 120 Å². The maximum absolute atomic E-state index is 11.7. The van der Waals surface area contributed by atoms with Gasteiger partial charge in [0.1, 0.15) is 17.5 Å². The minimum Gasteiger partial charge on any atom is -0.383 e. The van der Waals surface area contributed by atoms with Gasteiger partial charge in [0.2, 0.25) is 5.91 Å². The van der Waals surface area contributed by atoms with Crippen LogP contribution in [0, 0.1) is 6.92 Å². The van der Waals surface area contributed by atoms with Gasteiger partial charge in [0.15, 0.2) is 0 Å². The van der Waals surface area contributed by atoms with E-state index in [9.17, 15) is 4.79 Å². The van der Waals surface area contributed by atoms with Crippen molar-refractivity contribution >= 4 is 17.5 Å². The van der Waals surface area contributed by atoms with E-state index in [1.54, 1.807) is 0 Å². The summed E-state index contributed by atoms with van der Waals surface area (Å²) >= 11 is 0. The molecule has 0 aliphatic rings. The van der Waals surface area contributed by atoms with Gasteiger partial charge in [0.25, 0.3) is 0 Å². The zero-order valence-corrected chi connectivity index (χ0v) is 12.8. The molecule has 0 spiro atoms. The molecule has 1 rings (SSSR count). The van der Waals surface area contributed by atoms with Gasteiger partial charge in [-0.2, -0.15) is 0 Å². The lowest BCUT2D eigenvalue weighted by molar-refractivity contribution is -0.121. The minimum absolute atomic E-state index is 0.0437. The molecule has 4 N–H and O–H groups in total. The Morgan fingerprint density at radius 2 is 2.05 bits per heavy atom. The summed E-state index contributed by atoms with van der Waals surface area (Å²) < 4.78 is 0. The summed E-state index contributed by atoms with van der Waals surface area (Å²) in [5, 5.41) is 6.09. The average molecular weight is 279 g/mol. The van der Waals surface area contributed by atoms with Crippen molar-refractivity contribution in [1.82, 2.24) is 15.3 Å². The van der Waals surface area contributed by atoms with E-state index >= 15 is 0 Å². The summed E-state index contributed by atoms with van der Waals surface area (Å²) in [5.41, 5.74) is 6.67. The fourth-order valence-electron chi connectivity index (χ4n) is 1.66. The molecule has 0 aliphatic heterocycles. The van der Waals surface area contributed by atoms with Crippen molar-refractivity contribution in [3.05, 3.63) is 11.4 Å². The van der Waals surface area contributed by atoms with Crippen molar-refractivity contribution in [2.24, 2.45) is 0 Å². The van der Waals surface area contributed by atoms with Crippen molar-refractivity contribution in [2.45, 2.75) is 53.0 Å². The molecule has 0 saturated carbocycles. The van der Waals surface area contributed by atoms with Gasteiger partial charge in [-0.15, -0.1) is 0 Å². The molecule has 1 aromatic rings. The lowest BCUT2D eigenvalue weighted by atomic mass is 10.2. The molecular weight excluding hydrogens is 254 g/mol. The molecule has 0 saturated heterocycles. The Bertz CT molecular complexity index is 461. The summed E-state index contributed by atoms with van der Waals surface area (Å²) in [6, 6.07) is 0.214. The summed E-state index contributed by atoms with van der Waals surface area (Å²) in [6.45, 7) is 8.42. The number of anilines is 2. The van der Waals surface area contributed by atoms with Gasteiger partial charge in [-0.25, -0.2) is 9.97 Å². The molecule has 0 radical (unpaired) electrons. The van der Waals surface area contributed by atoms with Crippen LogP contribution in [0.3, 0.4) is 0 Å². The fourth-order valence-corrected chi connectivity index (χ4v) is 1.66. The van der Waals surface area contributed by atoms with Gasteiger partial charge < -0.3 is 16.4 Å². The monoisotopic (exact) mass is 279 g/mol. The third-order valence-electron chi connectivity index (χ3n) is 3.21. The Morgan fingerprint density at radius 1 is 1.35 bits per heavy atom. The predicted octanol–water partition coefficient (Wildman–Crippen LogP) is 1.65. The minimum atomic E-state index is 0.0437. The first-order chi connectivity index (χ1) is 9.47. The Balaban J connectivity index is 2.53. The quantitative estimate of drug-likeness (QED) is 0.705. The second kappa shape index (κ2) is 7.67. The van der Waals surface area contributed by atoms with Gasteiger partial charge in [-0.3, -0.25) is 4.79 Å². The molecule has 1 unspecified atom stereocenters. The average Bonchev–Trinajstić information content (AvgIpc) is 2.42. The van der Waals surface area contributed by atoms with E-state index in [1.807, 2.05) is 27.7 Å². The van der Waals surface area contributed by atoms with Gasteiger partial charge in [-0.1, -0.05) is 13.8 Å². The van der Waals surface area contributed by atoms with Gasteiger partial charge in [0, 0.05) is 31.0 Å². The zero-order chi connectivity index (χ0) is 15.1. The number of nitrogens with one attached hydrogen (secondary N) is 2. The number of aryl methyl sites for hydroxylation is 1. The number of carbonyl (C=O) groups is 1. The van der Waals surface area contributed by atoms with Crippen LogP contribution in [-0.2, 0) is 11.2 Å². The number of nitrogens with two attached hydrogens (primary N) is 1. The molecule has 1 atom stereocenters. The van der Waals surface area contributed by atoms with E-state index in [4.69, 9.17) is 5.73 Å². The maximum atomic E-state index is 11.7. The van der Waals surface area contributed by atoms with Crippen molar-refractivity contribution < 1.29 is 4.79 Å². The van der Waals surface area contributed by atoms with Crippen molar-refractivity contribution in [2.75, 3.05) is 17.6 Å². The number of carbonyl (C=O) groups excluding carboxylic acids is 1. The standard InChI is InChI=1S/C14H25N5O/c1-5-9(3)17-12(20)7-8-16-14-10(4)13(15)18-11(6-2)19-14/h9H,5-8H2,1-4H3,(H,17,20)(H3,15,16,18,19). The molecule has 1 heterocycles. The number of nitrogens with zero attached hydrogens (tertiary/aromatic N) is 2. The summed E-state index contributed by atoms with van der Waals surface area (Å²) in [6.07, 6.45) is 2.07. The first-order valence-electron chi connectivity index (χ1n) is 7.14. The van der Waals surface area contributed by atoms with E-state index in [0.717, 1.165) is 18.4 Å². The molecule has 1 aromatic heterocycles. The highest BCUT2D eigenvalue weighted by atomic mass is 16.1. The summed E-state index contributed by atoms with van der Waals surface area (Å²) in [7, 11) is 0. The smallest absolute Gasteiger partial charge is 0.221 e. The Morgan fingerprint density at radius 3 is 2.65 bits per heavy atom. The van der Waals surface area contributed by atoms with Gasteiger partial charge >= 0.3 is 0 Å². The topological polar surface area (TPSA) is 92.9 Å². The van der Waals surface area contributed by atoms with E-state index < -0.39 is 0 Å². The van der Waals surface area contributed by atoms with Gasteiger partial charge in [0.05, 0.1) is 0 Å². The van der Waals surface area contributed by atoms with Crippen LogP contribution in [0.25, 0.3) is 0 Å². The van der Waals surface area contributed by atoms with Crippen LogP contribution in [0.4, 0.5) is 11.6 Å². The summed E-state index contributed by atoms with van der Waals surface area (Å²) in [5.74, 6) is 1.95. The molecule has 0 aromatic carbocycles. The van der Waals surface area contributed by atoms with E-state index in [2.05, 4.69) is 20.6 Å². The number of amides is 1. The number of rotatable bonds is 7. The highest BCUT2D eigenvalue weighted by Gasteiger charge is 2.09. The van der Waals surface area contributed by atoms with E-state index in [-0.39, 0.29) is 11.9 Å². The highest BCUT2D eigenvalue weighted by Crippen LogP contribution is 2.17. The molecule has 0 fully saturated rings. The van der Waals surface area contributed by atoms with Crippen LogP contribution >= 0.6 is 0 Å². The highest BCUT2D eigenvalue weighted by molar-refractivity contribution is 5.76. The van der Waals surface area contributed by atoms with Crippen molar-refractivity contribution in [1.29, 1.82) is 0 Å². The maximum Gasteiger partial charge on any atom is 0.221 e. The number of aromatic nitrogens is 2. The number of nitrogen functional groups attached to an aromatic ring is 1. The lowest BCUT2D eigenvalue weighted by Gasteiger charge is -2.13. The van der Waals surface area contributed by atoms with Crippen LogP contribution in [0.15, 0.2) is 0 Å². The second-order valence-corrected chi connectivity index (χ2v) is 4.91. The van der Waals surface area contributed by atoms with Gasteiger partial charge in [-0.05, 0) is 20.3 Å². The molecule has 112 valence electrons. The SMILES string of the molecule is CCc1nc(N)c(C)c(NCCC(=O)NC(C)CC)n1. The Hall–Kier alpha value is -1.85. The predicted molar refractivity (Wildman–Crippen MR) is 81.6 cm³/mol. The van der Waals surface area contributed by atoms with E-state index in [1.165, 1.54) is 0 Å². The largest absolute Gasteiger partial charge is 0.383 e. The number of hydrogen-bond donors (Lipinski definition) is 3. The van der Waals surface area contributed by atoms with E-state index in [0.29, 0.717) is 30.4 Å². The normalized spacial score (nSPS) is 12.0. The summed E-state index contributed by atoms with van der Waals surface area (Å²) in [4.78, 5) is 20.3.